The summed E-state index contributed by atoms with van der Waals surface area (Å²) in [6.45, 7) is 2.11. The maximum atomic E-state index is 11.9. The van der Waals surface area contributed by atoms with Crippen LogP contribution in [0.2, 0.25) is 0 Å². The fourth-order valence-electron chi connectivity index (χ4n) is 1.87. The minimum atomic E-state index is -0.0161. The van der Waals surface area contributed by atoms with Crippen molar-refractivity contribution in [3.05, 3.63) is 27.9 Å². The van der Waals surface area contributed by atoms with E-state index in [1.165, 1.54) is 0 Å². The topological polar surface area (TPSA) is 62.2 Å². The molecule has 2 N–H and O–H groups in total. The molecule has 0 radical (unpaired) electrons. The van der Waals surface area contributed by atoms with Crippen molar-refractivity contribution in [2.45, 2.75) is 32.2 Å². The number of thiophene rings is 1. The highest BCUT2D eigenvalue weighted by Gasteiger charge is 2.11. The molecule has 0 aliphatic carbocycles. The molecule has 20 heavy (non-hydrogen) atoms. The molecule has 2 aromatic heterocycles. The second-order valence-electron chi connectivity index (χ2n) is 4.67. The van der Waals surface area contributed by atoms with E-state index in [9.17, 15) is 4.79 Å². The van der Waals surface area contributed by atoms with E-state index < -0.39 is 0 Å². The third-order valence-electron chi connectivity index (χ3n) is 2.86. The summed E-state index contributed by atoms with van der Waals surface area (Å²) >= 11 is 3.21. The lowest BCUT2D eigenvalue weighted by Crippen LogP contribution is -2.33. The molecule has 0 aromatic carbocycles. The van der Waals surface area contributed by atoms with Gasteiger partial charge in [0.2, 0.25) is 5.91 Å². The van der Waals surface area contributed by atoms with Crippen LogP contribution in [0, 0.1) is 0 Å². The van der Waals surface area contributed by atoms with Gasteiger partial charge in [0.1, 0.15) is 5.01 Å². The molecule has 1 atom stereocenters. The Bertz CT molecular complexity index is 537. The lowest BCUT2D eigenvalue weighted by atomic mass is 10.2. The second kappa shape index (κ2) is 7.52. The summed E-state index contributed by atoms with van der Waals surface area (Å²) < 4.78 is 0. The van der Waals surface area contributed by atoms with Crippen LogP contribution in [0.4, 0.5) is 0 Å². The van der Waals surface area contributed by atoms with Gasteiger partial charge >= 0.3 is 0 Å². The van der Waals surface area contributed by atoms with E-state index in [4.69, 9.17) is 5.11 Å². The molecule has 2 rings (SSSR count). The fourth-order valence-corrected chi connectivity index (χ4v) is 3.40. The highest BCUT2D eigenvalue weighted by molar-refractivity contribution is 7.14. The van der Waals surface area contributed by atoms with Crippen molar-refractivity contribution >= 4 is 28.6 Å². The Balaban J connectivity index is 1.86. The Morgan fingerprint density at radius 1 is 1.50 bits per heavy atom. The lowest BCUT2D eigenvalue weighted by molar-refractivity contribution is -0.121. The summed E-state index contributed by atoms with van der Waals surface area (Å²) in [7, 11) is 0. The van der Waals surface area contributed by atoms with E-state index in [-0.39, 0.29) is 18.6 Å². The number of amides is 1. The highest BCUT2D eigenvalue weighted by Crippen LogP contribution is 2.25. The zero-order chi connectivity index (χ0) is 14.4. The molecule has 2 aromatic rings. The van der Waals surface area contributed by atoms with Gasteiger partial charge in [-0.15, -0.1) is 11.3 Å². The van der Waals surface area contributed by atoms with Gasteiger partial charge in [-0.25, -0.2) is 4.98 Å². The minimum Gasteiger partial charge on any atom is -0.396 e. The summed E-state index contributed by atoms with van der Waals surface area (Å²) in [5, 5.41) is 18.7. The van der Waals surface area contributed by atoms with Crippen LogP contribution in [0.25, 0.3) is 10.6 Å². The molecule has 4 nitrogen and oxygen atoms in total. The Morgan fingerprint density at radius 2 is 2.35 bits per heavy atom. The molecular weight excluding hydrogens is 292 g/mol. The van der Waals surface area contributed by atoms with Crippen LogP contribution in [0.15, 0.2) is 22.2 Å². The van der Waals surface area contributed by atoms with Crippen molar-refractivity contribution in [2.24, 2.45) is 0 Å². The number of hydrogen-bond acceptors (Lipinski definition) is 5. The molecule has 6 heteroatoms. The quantitative estimate of drug-likeness (QED) is 0.826. The van der Waals surface area contributed by atoms with E-state index >= 15 is 0 Å². The monoisotopic (exact) mass is 310 g/mol. The molecule has 0 saturated carbocycles. The molecule has 0 saturated heterocycles. The lowest BCUT2D eigenvalue weighted by Gasteiger charge is -2.12. The van der Waals surface area contributed by atoms with Gasteiger partial charge < -0.3 is 10.4 Å². The third-order valence-corrected chi connectivity index (χ3v) is 4.49. The van der Waals surface area contributed by atoms with Gasteiger partial charge in [0, 0.05) is 29.0 Å². The van der Waals surface area contributed by atoms with Crippen molar-refractivity contribution in [3.63, 3.8) is 0 Å². The van der Waals surface area contributed by atoms with Crippen molar-refractivity contribution in [3.8, 4) is 10.6 Å². The minimum absolute atomic E-state index is 0.0161. The summed E-state index contributed by atoms with van der Waals surface area (Å²) in [5.41, 5.74) is 1.92. The maximum Gasteiger partial charge on any atom is 0.226 e. The molecule has 2 heterocycles. The van der Waals surface area contributed by atoms with Crippen LogP contribution >= 0.6 is 22.7 Å². The van der Waals surface area contributed by atoms with Gasteiger partial charge in [-0.2, -0.15) is 11.3 Å². The van der Waals surface area contributed by atoms with Gasteiger partial charge in [-0.05, 0) is 31.2 Å². The number of aliphatic hydroxyl groups is 1. The molecule has 0 spiro atoms. The Labute approximate surface area is 126 Å². The smallest absolute Gasteiger partial charge is 0.226 e. The molecular formula is C14H18N2O2S2. The summed E-state index contributed by atoms with van der Waals surface area (Å²) in [5.74, 6) is -0.0161. The van der Waals surface area contributed by atoms with Gasteiger partial charge in [-0.1, -0.05) is 0 Å². The van der Waals surface area contributed by atoms with Crippen LogP contribution in [0.3, 0.4) is 0 Å². The number of aliphatic hydroxyl groups excluding tert-OH is 1. The van der Waals surface area contributed by atoms with Crippen LogP contribution < -0.4 is 5.32 Å². The number of nitrogens with one attached hydrogen (secondary N) is 1. The predicted octanol–water partition coefficient (Wildman–Crippen LogP) is 2.69. The number of carbonyl (C=O) groups excluding carboxylic acids is 1. The number of hydrogen-bond donors (Lipinski definition) is 2. The summed E-state index contributed by atoms with van der Waals surface area (Å²) in [4.78, 5) is 16.4. The number of thiazole rings is 1. The van der Waals surface area contributed by atoms with E-state index in [2.05, 4.69) is 15.7 Å². The maximum absolute atomic E-state index is 11.9. The molecule has 108 valence electrons. The van der Waals surface area contributed by atoms with Gasteiger partial charge in [0.05, 0.1) is 12.1 Å². The van der Waals surface area contributed by atoms with Crippen LogP contribution in [0.1, 0.15) is 25.5 Å². The fraction of sp³-hybridized carbons (Fsp3) is 0.429. The van der Waals surface area contributed by atoms with Crippen molar-refractivity contribution in [1.82, 2.24) is 10.3 Å². The number of carbonyl (C=O) groups is 1. The third kappa shape index (κ3) is 4.40. The van der Waals surface area contributed by atoms with Crippen molar-refractivity contribution < 1.29 is 9.90 Å². The number of rotatable bonds is 7. The first-order valence-corrected chi connectivity index (χ1v) is 8.38. The zero-order valence-corrected chi connectivity index (χ0v) is 13.0. The molecule has 0 bridgehead atoms. The molecule has 1 unspecified atom stereocenters. The zero-order valence-electron chi connectivity index (χ0n) is 11.3. The SMILES string of the molecule is CC(CCCO)NC(=O)Cc1csc(-c2ccsc2)n1. The van der Waals surface area contributed by atoms with E-state index in [1.807, 2.05) is 23.8 Å². The van der Waals surface area contributed by atoms with E-state index in [0.717, 1.165) is 22.7 Å². The van der Waals surface area contributed by atoms with Crippen LogP contribution in [0.5, 0.6) is 0 Å². The Kier molecular flexibility index (Phi) is 5.70. The van der Waals surface area contributed by atoms with Gasteiger partial charge in [0.15, 0.2) is 0 Å². The first-order chi connectivity index (χ1) is 9.69. The summed E-state index contributed by atoms with van der Waals surface area (Å²) in [6.07, 6.45) is 1.81. The van der Waals surface area contributed by atoms with Crippen LogP contribution in [-0.2, 0) is 11.2 Å². The summed E-state index contributed by atoms with van der Waals surface area (Å²) in [6, 6.07) is 2.12. The molecule has 0 aliphatic heterocycles. The first-order valence-electron chi connectivity index (χ1n) is 6.56. The molecule has 0 fully saturated rings. The standard InChI is InChI=1S/C14H18N2O2S2/c1-10(3-2-5-17)15-13(18)7-12-9-20-14(16-12)11-4-6-19-8-11/h4,6,8-10,17H,2-3,5,7H2,1H3,(H,15,18). The highest BCUT2D eigenvalue weighted by atomic mass is 32.1. The van der Waals surface area contributed by atoms with Crippen molar-refractivity contribution in [2.75, 3.05) is 6.61 Å². The Morgan fingerprint density at radius 3 is 3.05 bits per heavy atom. The molecule has 0 aliphatic rings. The van der Waals surface area contributed by atoms with Gasteiger partial charge in [0.25, 0.3) is 0 Å². The normalized spacial score (nSPS) is 12.3. The largest absolute Gasteiger partial charge is 0.396 e. The average Bonchev–Trinajstić information content (AvgIpc) is 3.06. The first kappa shape index (κ1) is 15.2. The van der Waals surface area contributed by atoms with Crippen LogP contribution in [-0.4, -0.2) is 28.6 Å². The van der Waals surface area contributed by atoms with E-state index in [1.54, 1.807) is 22.7 Å². The number of nitrogens with zero attached hydrogens (tertiary/aromatic N) is 1. The van der Waals surface area contributed by atoms with Crippen molar-refractivity contribution in [1.29, 1.82) is 0 Å². The van der Waals surface area contributed by atoms with E-state index in [0.29, 0.717) is 12.8 Å². The average molecular weight is 310 g/mol. The predicted molar refractivity (Wildman–Crippen MR) is 83.1 cm³/mol. The van der Waals surface area contributed by atoms with Gasteiger partial charge in [-0.3, -0.25) is 4.79 Å². The second-order valence-corrected chi connectivity index (χ2v) is 6.31. The molecule has 1 amide bonds. The Hall–Kier alpha value is -1.24. The number of aromatic nitrogens is 1.